The van der Waals surface area contributed by atoms with E-state index in [-0.39, 0.29) is 5.91 Å². The van der Waals surface area contributed by atoms with Crippen molar-refractivity contribution in [2.45, 2.75) is 0 Å². The van der Waals surface area contributed by atoms with E-state index in [0.29, 0.717) is 5.56 Å². The summed E-state index contributed by atoms with van der Waals surface area (Å²) in [5.74, 6) is 0.853. The Labute approximate surface area is 152 Å². The normalized spacial score (nSPS) is 15.2. The number of nitrogens with zero attached hydrogens (tertiary/aromatic N) is 4. The van der Waals surface area contributed by atoms with Crippen LogP contribution in [0.25, 0.3) is 10.9 Å². The molecule has 1 N–H and O–H groups in total. The van der Waals surface area contributed by atoms with Gasteiger partial charge in [0.05, 0.1) is 5.52 Å². The Morgan fingerprint density at radius 3 is 2.46 bits per heavy atom. The number of carbonyl (C=O) groups is 1. The lowest BCUT2D eigenvalue weighted by Gasteiger charge is -2.32. The highest BCUT2D eigenvalue weighted by Crippen LogP contribution is 2.23. The summed E-state index contributed by atoms with van der Waals surface area (Å²) in [5.41, 5.74) is 2.50. The van der Waals surface area contributed by atoms with E-state index in [1.165, 1.54) is 0 Å². The van der Waals surface area contributed by atoms with Crippen molar-refractivity contribution in [3.8, 4) is 0 Å². The fourth-order valence-corrected chi connectivity index (χ4v) is 3.13. The summed E-state index contributed by atoms with van der Waals surface area (Å²) in [6, 6.07) is 15.4. The quantitative estimate of drug-likeness (QED) is 0.789. The summed E-state index contributed by atoms with van der Waals surface area (Å²) >= 11 is 0. The van der Waals surface area contributed by atoms with E-state index in [2.05, 4.69) is 27.2 Å². The molecule has 1 aromatic heterocycles. The third-order valence-corrected chi connectivity index (χ3v) is 4.73. The number of likely N-dealkylation sites (N-methyl/N-ethyl adjacent to an activating group) is 1. The van der Waals surface area contributed by atoms with Crippen LogP contribution in [-0.4, -0.2) is 58.9 Å². The molecule has 0 atom stereocenters. The van der Waals surface area contributed by atoms with E-state index in [9.17, 15) is 4.79 Å². The molecule has 0 spiro atoms. The number of rotatable bonds is 3. The van der Waals surface area contributed by atoms with Crippen molar-refractivity contribution >= 4 is 28.3 Å². The van der Waals surface area contributed by atoms with Crippen LogP contribution in [0.4, 0.5) is 11.5 Å². The molecule has 0 aliphatic carbocycles. The minimum absolute atomic E-state index is 0.0946. The second kappa shape index (κ2) is 7.09. The lowest BCUT2D eigenvalue weighted by molar-refractivity contribution is 0.0664. The molecular weight excluding hydrogens is 326 g/mol. The molecule has 3 aromatic rings. The standard InChI is InChI=1S/C20H21N5O/c1-24-10-12-25(13-11-24)20(26)15-6-8-16(9-7-15)23-19-17-4-2-3-5-18(17)21-14-22-19/h2-9,14H,10-13H2,1H3,(H,21,22,23). The van der Waals surface area contributed by atoms with Crippen molar-refractivity contribution in [3.05, 3.63) is 60.4 Å². The van der Waals surface area contributed by atoms with Crippen LogP contribution in [0.5, 0.6) is 0 Å². The topological polar surface area (TPSA) is 61.4 Å². The highest BCUT2D eigenvalue weighted by atomic mass is 16.2. The van der Waals surface area contributed by atoms with Gasteiger partial charge in [-0.25, -0.2) is 9.97 Å². The van der Waals surface area contributed by atoms with Gasteiger partial charge >= 0.3 is 0 Å². The molecule has 1 fully saturated rings. The molecule has 0 saturated carbocycles. The molecule has 2 aromatic carbocycles. The monoisotopic (exact) mass is 347 g/mol. The SMILES string of the molecule is CN1CCN(C(=O)c2ccc(Nc3ncnc4ccccc34)cc2)CC1. The first kappa shape index (κ1) is 16.5. The number of nitrogens with one attached hydrogen (secondary N) is 1. The fourth-order valence-electron chi connectivity index (χ4n) is 3.13. The summed E-state index contributed by atoms with van der Waals surface area (Å²) in [6.07, 6.45) is 1.55. The Morgan fingerprint density at radius 1 is 0.962 bits per heavy atom. The molecule has 1 aliphatic rings. The number of anilines is 2. The van der Waals surface area contributed by atoms with E-state index < -0.39 is 0 Å². The molecule has 0 bridgehead atoms. The fraction of sp³-hybridized carbons (Fsp3) is 0.250. The Bertz CT molecular complexity index is 912. The first-order valence-corrected chi connectivity index (χ1v) is 8.75. The zero-order chi connectivity index (χ0) is 17.9. The smallest absolute Gasteiger partial charge is 0.253 e. The van der Waals surface area contributed by atoms with Crippen molar-refractivity contribution in [3.63, 3.8) is 0 Å². The molecule has 132 valence electrons. The van der Waals surface area contributed by atoms with Crippen LogP contribution in [0, 0.1) is 0 Å². The molecule has 26 heavy (non-hydrogen) atoms. The number of hydrogen-bond donors (Lipinski definition) is 1. The molecule has 1 aliphatic heterocycles. The van der Waals surface area contributed by atoms with Crippen LogP contribution < -0.4 is 5.32 Å². The highest BCUT2D eigenvalue weighted by molar-refractivity contribution is 5.95. The molecule has 1 amide bonds. The van der Waals surface area contributed by atoms with Gasteiger partial charge in [-0.15, -0.1) is 0 Å². The summed E-state index contributed by atoms with van der Waals surface area (Å²) in [6.45, 7) is 3.41. The summed E-state index contributed by atoms with van der Waals surface area (Å²) < 4.78 is 0. The molecule has 1 saturated heterocycles. The summed E-state index contributed by atoms with van der Waals surface area (Å²) in [7, 11) is 2.08. The van der Waals surface area contributed by atoms with Gasteiger partial charge in [-0.2, -0.15) is 0 Å². The Kier molecular flexibility index (Phi) is 4.50. The average Bonchev–Trinajstić information content (AvgIpc) is 2.69. The first-order valence-electron chi connectivity index (χ1n) is 8.75. The minimum Gasteiger partial charge on any atom is -0.340 e. The Morgan fingerprint density at radius 2 is 1.69 bits per heavy atom. The van der Waals surface area contributed by atoms with Gasteiger partial charge in [0.25, 0.3) is 5.91 Å². The Hall–Kier alpha value is -2.99. The second-order valence-electron chi connectivity index (χ2n) is 6.54. The summed E-state index contributed by atoms with van der Waals surface area (Å²) in [4.78, 5) is 25.4. The van der Waals surface area contributed by atoms with E-state index in [0.717, 1.165) is 48.6 Å². The number of amides is 1. The van der Waals surface area contributed by atoms with Crippen LogP contribution >= 0.6 is 0 Å². The maximum Gasteiger partial charge on any atom is 0.253 e. The molecular formula is C20H21N5O. The predicted octanol–water partition coefficient (Wildman–Crippen LogP) is 2.76. The lowest BCUT2D eigenvalue weighted by Crippen LogP contribution is -2.47. The van der Waals surface area contributed by atoms with Crippen molar-refractivity contribution in [2.24, 2.45) is 0 Å². The molecule has 6 nitrogen and oxygen atoms in total. The third-order valence-electron chi connectivity index (χ3n) is 4.73. The van der Waals surface area contributed by atoms with E-state index in [4.69, 9.17) is 0 Å². The van der Waals surface area contributed by atoms with Gasteiger partial charge < -0.3 is 15.1 Å². The minimum atomic E-state index is 0.0946. The van der Waals surface area contributed by atoms with Gasteiger partial charge in [0.2, 0.25) is 0 Å². The van der Waals surface area contributed by atoms with E-state index in [1.807, 2.05) is 53.4 Å². The second-order valence-corrected chi connectivity index (χ2v) is 6.54. The first-order chi connectivity index (χ1) is 12.7. The van der Waals surface area contributed by atoms with Crippen LogP contribution in [0.2, 0.25) is 0 Å². The number of aromatic nitrogens is 2. The molecule has 4 rings (SSSR count). The number of hydrogen-bond acceptors (Lipinski definition) is 5. The maximum atomic E-state index is 12.6. The van der Waals surface area contributed by atoms with Gasteiger partial charge in [0.1, 0.15) is 12.1 Å². The number of carbonyl (C=O) groups excluding carboxylic acids is 1. The molecule has 2 heterocycles. The van der Waals surface area contributed by atoms with Crippen LogP contribution in [0.3, 0.4) is 0 Å². The van der Waals surface area contributed by atoms with Crippen LogP contribution in [0.1, 0.15) is 10.4 Å². The van der Waals surface area contributed by atoms with E-state index >= 15 is 0 Å². The van der Waals surface area contributed by atoms with Gasteiger partial charge in [0.15, 0.2) is 0 Å². The zero-order valence-electron chi connectivity index (χ0n) is 14.7. The van der Waals surface area contributed by atoms with Crippen LogP contribution in [-0.2, 0) is 0 Å². The molecule has 0 radical (unpaired) electrons. The van der Waals surface area contributed by atoms with Gasteiger partial charge in [-0.1, -0.05) is 12.1 Å². The van der Waals surface area contributed by atoms with Crippen LogP contribution in [0.15, 0.2) is 54.9 Å². The molecule has 6 heteroatoms. The number of para-hydroxylation sites is 1. The van der Waals surface area contributed by atoms with E-state index in [1.54, 1.807) is 6.33 Å². The lowest BCUT2D eigenvalue weighted by atomic mass is 10.1. The van der Waals surface area contributed by atoms with Crippen molar-refractivity contribution < 1.29 is 4.79 Å². The van der Waals surface area contributed by atoms with Crippen molar-refractivity contribution in [1.29, 1.82) is 0 Å². The third kappa shape index (κ3) is 3.36. The van der Waals surface area contributed by atoms with Gasteiger partial charge in [-0.3, -0.25) is 4.79 Å². The Balaban J connectivity index is 1.50. The number of piperazine rings is 1. The molecule has 0 unspecified atom stereocenters. The maximum absolute atomic E-state index is 12.6. The van der Waals surface area contributed by atoms with Gasteiger partial charge in [0, 0.05) is 42.8 Å². The van der Waals surface area contributed by atoms with Crippen molar-refractivity contribution in [2.75, 3.05) is 38.5 Å². The van der Waals surface area contributed by atoms with Crippen molar-refractivity contribution in [1.82, 2.24) is 19.8 Å². The number of fused-ring (bicyclic) bond motifs is 1. The highest BCUT2D eigenvalue weighted by Gasteiger charge is 2.20. The summed E-state index contributed by atoms with van der Waals surface area (Å²) in [5, 5.41) is 4.28. The van der Waals surface area contributed by atoms with Gasteiger partial charge in [-0.05, 0) is 43.4 Å². The number of benzene rings is 2. The average molecular weight is 347 g/mol. The predicted molar refractivity (Wildman–Crippen MR) is 103 cm³/mol. The zero-order valence-corrected chi connectivity index (χ0v) is 14.7. The largest absolute Gasteiger partial charge is 0.340 e.